The van der Waals surface area contributed by atoms with Crippen LogP contribution in [-0.2, 0) is 17.6 Å². The van der Waals surface area contributed by atoms with Gasteiger partial charge in [0.1, 0.15) is 16.8 Å². The number of nitriles is 1. The fourth-order valence-corrected chi connectivity index (χ4v) is 4.60. The third kappa shape index (κ3) is 2.66. The lowest BCUT2D eigenvalue weighted by Crippen LogP contribution is -2.13. The molecule has 1 aliphatic heterocycles. The summed E-state index contributed by atoms with van der Waals surface area (Å²) in [6, 6.07) is 6.43. The predicted octanol–water partition coefficient (Wildman–Crippen LogP) is 3.87. The highest BCUT2D eigenvalue weighted by Crippen LogP contribution is 2.40. The molecular weight excluding hydrogens is 352 g/mol. The lowest BCUT2D eigenvalue weighted by molar-refractivity contribution is -0.384. The van der Waals surface area contributed by atoms with Crippen LogP contribution >= 0.6 is 11.3 Å². The van der Waals surface area contributed by atoms with Gasteiger partial charge in [-0.2, -0.15) is 5.26 Å². The van der Waals surface area contributed by atoms with Crippen molar-refractivity contribution in [2.45, 2.75) is 32.1 Å². The number of thiophene rings is 1. The van der Waals surface area contributed by atoms with Crippen LogP contribution < -0.4 is 5.32 Å². The first-order valence-electron chi connectivity index (χ1n) is 8.32. The van der Waals surface area contributed by atoms with E-state index in [1.54, 1.807) is 0 Å². The van der Waals surface area contributed by atoms with Gasteiger partial charge < -0.3 is 5.32 Å². The van der Waals surface area contributed by atoms with Crippen LogP contribution in [0.15, 0.2) is 23.2 Å². The molecule has 0 radical (unpaired) electrons. The monoisotopic (exact) mass is 366 g/mol. The molecule has 2 aliphatic rings. The van der Waals surface area contributed by atoms with Crippen LogP contribution in [0.3, 0.4) is 0 Å². The number of hydrogen-bond donors (Lipinski definition) is 1. The molecule has 0 saturated heterocycles. The summed E-state index contributed by atoms with van der Waals surface area (Å²) in [6.07, 6.45) is 5.06. The standard InChI is InChI=1S/C18H14N4O3S/c19-9-13-11-4-2-1-3-5-15(11)26-18(13)21-16-12-8-10(22(24)25)6-7-14(12)20-17(16)23/h6-8H,1-5H2,(H,20,21,23). The molecule has 1 amide bonds. The van der Waals surface area contributed by atoms with Gasteiger partial charge in [0.25, 0.3) is 11.6 Å². The number of aliphatic imine (C=N–C) groups is 1. The fourth-order valence-electron chi connectivity index (χ4n) is 3.39. The number of carbonyl (C=O) groups excluding carboxylic acids is 1. The molecular formula is C18H14N4O3S. The lowest BCUT2D eigenvalue weighted by Gasteiger charge is -1.99. The van der Waals surface area contributed by atoms with E-state index >= 15 is 0 Å². The molecule has 1 aromatic carbocycles. The summed E-state index contributed by atoms with van der Waals surface area (Å²) >= 11 is 1.45. The SMILES string of the molecule is N#Cc1c(N=C2C(=O)Nc3ccc([N+](=O)[O-])cc32)sc2c1CCCCC2. The highest BCUT2D eigenvalue weighted by molar-refractivity contribution is 7.16. The number of nitrogens with zero attached hydrogens (tertiary/aromatic N) is 3. The summed E-state index contributed by atoms with van der Waals surface area (Å²) < 4.78 is 0. The van der Waals surface area contributed by atoms with Crippen molar-refractivity contribution >= 4 is 39.3 Å². The molecule has 0 bridgehead atoms. The Morgan fingerprint density at radius 1 is 1.27 bits per heavy atom. The Balaban J connectivity index is 1.83. The molecule has 130 valence electrons. The zero-order chi connectivity index (χ0) is 18.3. The van der Waals surface area contributed by atoms with Crippen molar-refractivity contribution in [3.63, 3.8) is 0 Å². The first-order chi connectivity index (χ1) is 12.6. The van der Waals surface area contributed by atoms with Gasteiger partial charge in [-0.25, -0.2) is 4.99 Å². The average molecular weight is 366 g/mol. The third-order valence-corrected chi connectivity index (χ3v) is 5.85. The van der Waals surface area contributed by atoms with E-state index in [1.165, 1.54) is 29.5 Å². The van der Waals surface area contributed by atoms with Crippen LogP contribution in [0.25, 0.3) is 0 Å². The Kier molecular flexibility index (Phi) is 4.01. The molecule has 2 aromatic rings. The molecule has 1 aliphatic carbocycles. The Morgan fingerprint density at radius 3 is 2.85 bits per heavy atom. The van der Waals surface area contributed by atoms with Crippen LogP contribution in [-0.4, -0.2) is 16.5 Å². The van der Waals surface area contributed by atoms with Gasteiger partial charge in [-0.05, 0) is 37.3 Å². The number of amides is 1. The summed E-state index contributed by atoms with van der Waals surface area (Å²) in [5.41, 5.74) is 2.50. The number of fused-ring (bicyclic) bond motifs is 2. The number of benzene rings is 1. The minimum Gasteiger partial charge on any atom is -0.320 e. The van der Waals surface area contributed by atoms with E-state index in [0.717, 1.165) is 42.5 Å². The van der Waals surface area contributed by atoms with E-state index in [9.17, 15) is 20.2 Å². The minimum atomic E-state index is -0.505. The van der Waals surface area contributed by atoms with E-state index in [0.29, 0.717) is 21.8 Å². The van der Waals surface area contributed by atoms with Crippen LogP contribution in [0, 0.1) is 21.4 Å². The maximum atomic E-state index is 12.3. The van der Waals surface area contributed by atoms with Crippen LogP contribution in [0.4, 0.5) is 16.4 Å². The first kappa shape index (κ1) is 16.4. The number of nitrogens with one attached hydrogen (secondary N) is 1. The molecule has 4 rings (SSSR count). The van der Waals surface area contributed by atoms with Crippen molar-refractivity contribution < 1.29 is 9.72 Å². The van der Waals surface area contributed by atoms with Crippen molar-refractivity contribution in [2.24, 2.45) is 4.99 Å². The van der Waals surface area contributed by atoms with E-state index in [4.69, 9.17) is 0 Å². The van der Waals surface area contributed by atoms with Crippen molar-refractivity contribution in [2.75, 3.05) is 5.32 Å². The van der Waals surface area contributed by atoms with Crippen molar-refractivity contribution in [3.8, 4) is 6.07 Å². The number of carbonyl (C=O) groups is 1. The molecule has 0 fully saturated rings. The van der Waals surface area contributed by atoms with Crippen LogP contribution in [0.2, 0.25) is 0 Å². The smallest absolute Gasteiger partial charge is 0.275 e. The van der Waals surface area contributed by atoms with Gasteiger partial charge >= 0.3 is 0 Å². The molecule has 0 spiro atoms. The Labute approximate surface area is 153 Å². The van der Waals surface area contributed by atoms with Gasteiger partial charge in [-0.3, -0.25) is 14.9 Å². The van der Waals surface area contributed by atoms with Gasteiger partial charge in [0.2, 0.25) is 0 Å². The van der Waals surface area contributed by atoms with Crippen molar-refractivity contribution in [1.29, 1.82) is 5.26 Å². The summed E-state index contributed by atoms with van der Waals surface area (Å²) in [4.78, 5) is 28.5. The number of anilines is 1. The Morgan fingerprint density at radius 2 is 2.08 bits per heavy atom. The summed E-state index contributed by atoms with van der Waals surface area (Å²) in [5.74, 6) is -0.409. The highest BCUT2D eigenvalue weighted by atomic mass is 32.1. The number of hydrogen-bond acceptors (Lipinski definition) is 6. The first-order valence-corrected chi connectivity index (χ1v) is 9.13. The molecule has 0 unspecified atom stereocenters. The van der Waals surface area contributed by atoms with E-state index in [1.807, 2.05) is 0 Å². The highest BCUT2D eigenvalue weighted by Gasteiger charge is 2.29. The van der Waals surface area contributed by atoms with E-state index in [-0.39, 0.29) is 11.4 Å². The van der Waals surface area contributed by atoms with E-state index < -0.39 is 10.8 Å². The second kappa shape index (κ2) is 6.35. The number of non-ortho nitro benzene ring substituents is 1. The fraction of sp³-hybridized carbons (Fsp3) is 0.278. The van der Waals surface area contributed by atoms with Gasteiger partial charge in [0.15, 0.2) is 0 Å². The van der Waals surface area contributed by atoms with Gasteiger partial charge in [0.05, 0.1) is 16.2 Å². The largest absolute Gasteiger partial charge is 0.320 e. The summed E-state index contributed by atoms with van der Waals surface area (Å²) in [6.45, 7) is 0. The topological polar surface area (TPSA) is 108 Å². The third-order valence-electron chi connectivity index (χ3n) is 4.66. The maximum absolute atomic E-state index is 12.3. The molecule has 7 nitrogen and oxygen atoms in total. The normalized spacial score (nSPS) is 17.2. The number of nitro groups is 1. The van der Waals surface area contributed by atoms with Crippen molar-refractivity contribution in [1.82, 2.24) is 0 Å². The number of aryl methyl sites for hydroxylation is 1. The zero-order valence-corrected chi connectivity index (χ0v) is 14.6. The maximum Gasteiger partial charge on any atom is 0.275 e. The molecule has 26 heavy (non-hydrogen) atoms. The molecule has 1 N–H and O–H groups in total. The molecule has 1 aromatic heterocycles. The van der Waals surface area contributed by atoms with Gasteiger partial charge in [0, 0.05) is 22.6 Å². The van der Waals surface area contributed by atoms with Crippen LogP contribution in [0.1, 0.15) is 40.8 Å². The van der Waals surface area contributed by atoms with Gasteiger partial charge in [-0.15, -0.1) is 11.3 Å². The minimum absolute atomic E-state index is 0.101. The van der Waals surface area contributed by atoms with E-state index in [2.05, 4.69) is 16.4 Å². The second-order valence-electron chi connectivity index (χ2n) is 6.26. The number of rotatable bonds is 2. The number of nitro benzene ring substituents is 1. The Bertz CT molecular complexity index is 1020. The lowest BCUT2D eigenvalue weighted by atomic mass is 10.1. The quantitative estimate of drug-likeness (QED) is 0.494. The van der Waals surface area contributed by atoms with Crippen molar-refractivity contribution in [3.05, 3.63) is 49.9 Å². The molecule has 8 heteroatoms. The summed E-state index contributed by atoms with van der Waals surface area (Å²) in [7, 11) is 0. The molecule has 2 heterocycles. The predicted molar refractivity (Wildman–Crippen MR) is 98.2 cm³/mol. The molecule has 0 atom stereocenters. The van der Waals surface area contributed by atoms with Gasteiger partial charge in [-0.1, -0.05) is 6.42 Å². The average Bonchev–Trinajstić information content (AvgIpc) is 3.01. The summed E-state index contributed by atoms with van der Waals surface area (Å²) in [5, 5.41) is 23.8. The molecule has 0 saturated carbocycles. The zero-order valence-electron chi connectivity index (χ0n) is 13.7. The van der Waals surface area contributed by atoms with Crippen LogP contribution in [0.5, 0.6) is 0 Å². The Hall–Kier alpha value is -3.05. The second-order valence-corrected chi connectivity index (χ2v) is 7.34.